The van der Waals surface area contributed by atoms with Gasteiger partial charge in [-0.3, -0.25) is 4.55 Å². The second-order valence-electron chi connectivity index (χ2n) is 5.81. The van der Waals surface area contributed by atoms with E-state index in [0.29, 0.717) is 0 Å². The lowest BCUT2D eigenvalue weighted by Crippen LogP contribution is -2.10. The maximum absolute atomic E-state index is 10.6. The number of rotatable bonds is 1. The second-order valence-corrected chi connectivity index (χ2v) is 9.29. The molecule has 0 radical (unpaired) electrons. The van der Waals surface area contributed by atoms with E-state index < -0.39 is 10.1 Å². The number of benzene rings is 2. The highest BCUT2D eigenvalue weighted by Crippen LogP contribution is 2.24. The molecule has 0 aliphatic rings. The molecule has 0 saturated carbocycles. The smallest absolute Gasteiger partial charge is 0.282 e. The van der Waals surface area contributed by atoms with E-state index >= 15 is 0 Å². The molecule has 0 heterocycles. The molecule has 2 aromatic carbocycles. The maximum atomic E-state index is 10.6. The molecule has 2 rings (SSSR count). The SMILES string of the molecule is CC(C)(C)c1ccc(I)cc1.O=S(=O)(O)c1cc(Cl)ccc1Cl. The summed E-state index contributed by atoms with van der Waals surface area (Å²) >= 11 is 13.3. The Labute approximate surface area is 160 Å². The Morgan fingerprint density at radius 3 is 1.91 bits per heavy atom. The van der Waals surface area contributed by atoms with Crippen LogP contribution in [0.1, 0.15) is 26.3 Å². The first kappa shape index (κ1) is 20.7. The quantitative estimate of drug-likeness (QED) is 0.407. The van der Waals surface area contributed by atoms with Crippen LogP contribution in [0.5, 0.6) is 0 Å². The van der Waals surface area contributed by atoms with Crippen LogP contribution in [-0.4, -0.2) is 13.0 Å². The predicted molar refractivity (Wildman–Crippen MR) is 104 cm³/mol. The monoisotopic (exact) mass is 486 g/mol. The molecule has 0 aliphatic carbocycles. The van der Waals surface area contributed by atoms with E-state index in [4.69, 9.17) is 27.8 Å². The summed E-state index contributed by atoms with van der Waals surface area (Å²) in [6, 6.07) is 12.5. The Kier molecular flexibility index (Phi) is 7.35. The highest BCUT2D eigenvalue weighted by atomic mass is 127. The van der Waals surface area contributed by atoms with Crippen molar-refractivity contribution in [1.82, 2.24) is 0 Å². The summed E-state index contributed by atoms with van der Waals surface area (Å²) in [5.74, 6) is 0. The highest BCUT2D eigenvalue weighted by molar-refractivity contribution is 14.1. The van der Waals surface area contributed by atoms with Gasteiger partial charge in [-0.2, -0.15) is 8.42 Å². The molecule has 126 valence electrons. The molecule has 0 amide bonds. The molecule has 0 unspecified atom stereocenters. The largest absolute Gasteiger partial charge is 0.296 e. The minimum absolute atomic E-state index is 0.0538. The van der Waals surface area contributed by atoms with Crippen molar-refractivity contribution in [2.24, 2.45) is 0 Å². The zero-order valence-electron chi connectivity index (χ0n) is 12.8. The molecule has 0 spiro atoms. The number of hydrogen-bond acceptors (Lipinski definition) is 2. The van der Waals surface area contributed by atoms with Gasteiger partial charge in [0.15, 0.2) is 0 Å². The fourth-order valence-electron chi connectivity index (χ4n) is 1.62. The molecular weight excluding hydrogens is 470 g/mol. The lowest BCUT2D eigenvalue weighted by atomic mass is 9.87. The average molecular weight is 487 g/mol. The van der Waals surface area contributed by atoms with Crippen molar-refractivity contribution in [1.29, 1.82) is 0 Å². The molecule has 23 heavy (non-hydrogen) atoms. The van der Waals surface area contributed by atoms with Crippen LogP contribution < -0.4 is 0 Å². The Morgan fingerprint density at radius 2 is 1.52 bits per heavy atom. The van der Waals surface area contributed by atoms with Crippen LogP contribution in [0.25, 0.3) is 0 Å². The van der Waals surface area contributed by atoms with Crippen molar-refractivity contribution in [2.45, 2.75) is 31.1 Å². The van der Waals surface area contributed by atoms with Gasteiger partial charge in [0.05, 0.1) is 5.02 Å². The van der Waals surface area contributed by atoms with E-state index in [0.717, 1.165) is 6.07 Å². The molecule has 0 atom stereocenters. The standard InChI is InChI=1S/C10H13I.C6H4Cl2O3S/c1-10(2,3)8-4-6-9(11)7-5-8;7-4-1-2-5(8)6(3-4)12(9,10)11/h4-7H,1-3H3;1-3H,(H,9,10,11). The molecule has 0 fully saturated rings. The third-order valence-corrected chi connectivity index (χ3v) is 5.17. The fourth-order valence-corrected chi connectivity index (χ4v) is 3.22. The Bertz CT molecular complexity index is 767. The minimum atomic E-state index is -4.27. The van der Waals surface area contributed by atoms with Crippen molar-refractivity contribution in [3.63, 3.8) is 0 Å². The summed E-state index contributed by atoms with van der Waals surface area (Å²) in [5, 5.41) is 0.147. The molecule has 7 heteroatoms. The van der Waals surface area contributed by atoms with Crippen molar-refractivity contribution in [2.75, 3.05) is 0 Å². The summed E-state index contributed by atoms with van der Waals surface area (Å²) in [5.41, 5.74) is 1.68. The van der Waals surface area contributed by atoms with E-state index in [9.17, 15) is 8.42 Å². The molecule has 0 aliphatic heterocycles. The summed E-state index contributed by atoms with van der Waals surface area (Å²) < 4.78 is 31.2. The summed E-state index contributed by atoms with van der Waals surface area (Å²) in [7, 11) is -4.27. The summed E-state index contributed by atoms with van der Waals surface area (Å²) in [6.07, 6.45) is 0. The van der Waals surface area contributed by atoms with Crippen molar-refractivity contribution in [3.8, 4) is 0 Å². The average Bonchev–Trinajstić information content (AvgIpc) is 2.40. The molecule has 0 aromatic heterocycles. The Morgan fingerprint density at radius 1 is 1.00 bits per heavy atom. The van der Waals surface area contributed by atoms with Gasteiger partial charge < -0.3 is 0 Å². The predicted octanol–water partition coefficient (Wildman–Crippen LogP) is 5.83. The lowest BCUT2D eigenvalue weighted by molar-refractivity contribution is 0.483. The highest BCUT2D eigenvalue weighted by Gasteiger charge is 2.14. The van der Waals surface area contributed by atoms with E-state index in [-0.39, 0.29) is 20.4 Å². The van der Waals surface area contributed by atoms with Gasteiger partial charge in [0.2, 0.25) is 0 Å². The Balaban J connectivity index is 0.000000231. The number of halogens is 3. The fraction of sp³-hybridized carbons (Fsp3) is 0.250. The topological polar surface area (TPSA) is 54.4 Å². The van der Waals surface area contributed by atoms with Crippen LogP contribution in [0.2, 0.25) is 10.0 Å². The van der Waals surface area contributed by atoms with E-state index in [1.54, 1.807) is 0 Å². The van der Waals surface area contributed by atoms with Crippen LogP contribution in [-0.2, 0) is 15.5 Å². The van der Waals surface area contributed by atoms with Crippen molar-refractivity contribution < 1.29 is 13.0 Å². The molecule has 3 nitrogen and oxygen atoms in total. The number of hydrogen-bond donors (Lipinski definition) is 1. The maximum Gasteiger partial charge on any atom is 0.296 e. The van der Waals surface area contributed by atoms with E-state index in [2.05, 4.69) is 67.6 Å². The van der Waals surface area contributed by atoms with E-state index in [1.807, 2.05) is 0 Å². The van der Waals surface area contributed by atoms with Gasteiger partial charge in [0, 0.05) is 8.59 Å². The zero-order chi connectivity index (χ0) is 17.8. The first-order valence-corrected chi connectivity index (χ1v) is 9.87. The first-order chi connectivity index (χ1) is 10.4. The van der Waals surface area contributed by atoms with Crippen LogP contribution in [0.4, 0.5) is 0 Å². The van der Waals surface area contributed by atoms with Gasteiger partial charge in [0.25, 0.3) is 10.1 Å². The summed E-state index contributed by atoms with van der Waals surface area (Å²) in [6.45, 7) is 6.69. The third-order valence-electron chi connectivity index (χ3n) is 2.88. The third kappa shape index (κ3) is 6.97. The first-order valence-electron chi connectivity index (χ1n) is 6.60. The summed E-state index contributed by atoms with van der Waals surface area (Å²) in [4.78, 5) is -0.378. The molecular formula is C16H17Cl2IO3S. The second kappa shape index (κ2) is 8.16. The molecule has 1 N–H and O–H groups in total. The minimum Gasteiger partial charge on any atom is -0.282 e. The van der Waals surface area contributed by atoms with Crippen LogP contribution in [0.15, 0.2) is 47.4 Å². The lowest BCUT2D eigenvalue weighted by Gasteiger charge is -2.18. The van der Waals surface area contributed by atoms with Gasteiger partial charge in [-0.1, -0.05) is 56.1 Å². The molecule has 0 saturated heterocycles. The van der Waals surface area contributed by atoms with Crippen molar-refractivity contribution >= 4 is 55.9 Å². The van der Waals surface area contributed by atoms with Gasteiger partial charge in [0.1, 0.15) is 4.90 Å². The Hall–Kier alpha value is -0.340. The van der Waals surface area contributed by atoms with Crippen molar-refractivity contribution in [3.05, 3.63) is 61.6 Å². The van der Waals surface area contributed by atoms with Crippen LogP contribution in [0, 0.1) is 3.57 Å². The molecule has 0 bridgehead atoms. The zero-order valence-corrected chi connectivity index (χ0v) is 17.3. The van der Waals surface area contributed by atoms with Crippen LogP contribution in [0.3, 0.4) is 0 Å². The van der Waals surface area contributed by atoms with Gasteiger partial charge in [-0.05, 0) is 63.9 Å². The normalized spacial score (nSPS) is 11.6. The van der Waals surface area contributed by atoms with Gasteiger partial charge in [-0.25, -0.2) is 0 Å². The molecule has 2 aromatic rings. The van der Waals surface area contributed by atoms with Gasteiger partial charge in [-0.15, -0.1) is 0 Å². The van der Waals surface area contributed by atoms with Gasteiger partial charge >= 0.3 is 0 Å². The van der Waals surface area contributed by atoms with E-state index in [1.165, 1.54) is 21.3 Å². The van der Waals surface area contributed by atoms with Crippen LogP contribution >= 0.6 is 45.8 Å².